The minimum atomic E-state index is 0.512. The maximum atomic E-state index is 9.48. The van der Waals surface area contributed by atoms with Gasteiger partial charge in [-0.3, -0.25) is 0 Å². The normalized spacial score (nSPS) is 10.2. The first kappa shape index (κ1) is 15.5. The van der Waals surface area contributed by atoms with Gasteiger partial charge >= 0.3 is 0 Å². The summed E-state index contributed by atoms with van der Waals surface area (Å²) in [6, 6.07) is 8.19. The lowest BCUT2D eigenvalue weighted by molar-refractivity contribution is 0.877. The van der Waals surface area contributed by atoms with E-state index in [9.17, 15) is 5.26 Å². The molecule has 21 heavy (non-hydrogen) atoms. The predicted molar refractivity (Wildman–Crippen MR) is 87.7 cm³/mol. The van der Waals surface area contributed by atoms with E-state index in [2.05, 4.69) is 37.5 Å². The zero-order valence-corrected chi connectivity index (χ0v) is 14.0. The molecule has 0 unspecified atom stereocenters. The molecule has 1 aromatic carbocycles. The highest BCUT2D eigenvalue weighted by Gasteiger charge is 2.15. The molecule has 0 fully saturated rings. The molecule has 2 rings (SSSR count). The van der Waals surface area contributed by atoms with Crippen molar-refractivity contribution in [2.24, 2.45) is 0 Å². The molecule has 0 atom stereocenters. The van der Waals surface area contributed by atoms with Gasteiger partial charge in [0.05, 0.1) is 11.4 Å². The summed E-state index contributed by atoms with van der Waals surface area (Å²) in [6.07, 6.45) is 1.55. The molecular weight excluding hydrogens is 328 g/mol. The number of hydrogen-bond acceptors (Lipinski definition) is 4. The van der Waals surface area contributed by atoms with Crippen molar-refractivity contribution in [2.45, 2.75) is 33.6 Å². The van der Waals surface area contributed by atoms with Crippen LogP contribution in [-0.4, -0.2) is 10.2 Å². The first-order valence-electron chi connectivity index (χ1n) is 6.93. The third-order valence-corrected chi connectivity index (χ3v) is 4.46. The topological polar surface area (TPSA) is 61.6 Å². The van der Waals surface area contributed by atoms with Crippen molar-refractivity contribution in [3.8, 4) is 6.07 Å². The summed E-state index contributed by atoms with van der Waals surface area (Å²) in [5.74, 6) is 0.512. The fraction of sp³-hybridized carbons (Fsp3) is 0.312. The Morgan fingerprint density at radius 3 is 2.62 bits per heavy atom. The SMILES string of the molecule is CCc1nnc(Nc2cccc(C)c2Br)c(C#N)c1CC. The summed E-state index contributed by atoms with van der Waals surface area (Å²) < 4.78 is 0.966. The van der Waals surface area contributed by atoms with Crippen molar-refractivity contribution in [2.75, 3.05) is 5.32 Å². The minimum Gasteiger partial charge on any atom is -0.337 e. The number of nitrogens with one attached hydrogen (secondary N) is 1. The maximum absolute atomic E-state index is 9.48. The highest BCUT2D eigenvalue weighted by molar-refractivity contribution is 9.10. The molecular formula is C16H17BrN4. The van der Waals surface area contributed by atoms with Crippen LogP contribution in [0.15, 0.2) is 22.7 Å². The number of rotatable bonds is 4. The Hall–Kier alpha value is -1.93. The fourth-order valence-corrected chi connectivity index (χ4v) is 2.62. The largest absolute Gasteiger partial charge is 0.337 e. The molecule has 4 nitrogen and oxygen atoms in total. The van der Waals surface area contributed by atoms with Gasteiger partial charge in [0.1, 0.15) is 11.6 Å². The quantitative estimate of drug-likeness (QED) is 0.898. The first-order chi connectivity index (χ1) is 10.1. The van der Waals surface area contributed by atoms with E-state index in [0.717, 1.165) is 39.8 Å². The van der Waals surface area contributed by atoms with Crippen LogP contribution in [0.5, 0.6) is 0 Å². The van der Waals surface area contributed by atoms with Crippen LogP contribution in [0.2, 0.25) is 0 Å². The minimum absolute atomic E-state index is 0.512. The molecule has 0 amide bonds. The molecule has 0 saturated carbocycles. The van der Waals surface area contributed by atoms with E-state index < -0.39 is 0 Å². The molecule has 5 heteroatoms. The van der Waals surface area contributed by atoms with E-state index in [-0.39, 0.29) is 0 Å². The van der Waals surface area contributed by atoms with Crippen molar-refractivity contribution >= 4 is 27.4 Å². The van der Waals surface area contributed by atoms with Crippen LogP contribution in [0, 0.1) is 18.3 Å². The molecule has 0 aliphatic carbocycles. The number of aryl methyl sites for hydroxylation is 2. The van der Waals surface area contributed by atoms with Crippen molar-refractivity contribution < 1.29 is 0 Å². The molecule has 0 aliphatic rings. The third kappa shape index (κ3) is 3.06. The second-order valence-electron chi connectivity index (χ2n) is 4.73. The Morgan fingerprint density at radius 1 is 1.24 bits per heavy atom. The second kappa shape index (κ2) is 6.68. The van der Waals surface area contributed by atoms with Gasteiger partial charge in [0.25, 0.3) is 0 Å². The number of nitriles is 1. The summed E-state index contributed by atoms with van der Waals surface area (Å²) in [6.45, 7) is 6.07. The Bertz CT molecular complexity index is 704. The van der Waals surface area contributed by atoms with E-state index in [4.69, 9.17) is 0 Å². The summed E-state index contributed by atoms with van der Waals surface area (Å²) in [5.41, 5.74) is 4.45. The molecule has 0 spiro atoms. The lowest BCUT2D eigenvalue weighted by Crippen LogP contribution is -2.07. The van der Waals surface area contributed by atoms with E-state index >= 15 is 0 Å². The fourth-order valence-electron chi connectivity index (χ4n) is 2.25. The van der Waals surface area contributed by atoms with Crippen LogP contribution < -0.4 is 5.32 Å². The molecule has 0 saturated heterocycles. The Balaban J connectivity index is 2.50. The monoisotopic (exact) mass is 344 g/mol. The van der Waals surface area contributed by atoms with E-state index in [1.165, 1.54) is 0 Å². The van der Waals surface area contributed by atoms with Gasteiger partial charge in [0, 0.05) is 4.47 Å². The number of anilines is 2. The van der Waals surface area contributed by atoms with Crippen LogP contribution >= 0.6 is 15.9 Å². The highest BCUT2D eigenvalue weighted by Crippen LogP contribution is 2.30. The lowest BCUT2D eigenvalue weighted by atomic mass is 10.0. The maximum Gasteiger partial charge on any atom is 0.171 e. The Labute approximate surface area is 133 Å². The smallest absolute Gasteiger partial charge is 0.171 e. The summed E-state index contributed by atoms with van der Waals surface area (Å²) in [4.78, 5) is 0. The van der Waals surface area contributed by atoms with Crippen molar-refractivity contribution in [3.05, 3.63) is 45.1 Å². The number of hydrogen-bond donors (Lipinski definition) is 1. The van der Waals surface area contributed by atoms with Crippen molar-refractivity contribution in [1.29, 1.82) is 5.26 Å². The van der Waals surface area contributed by atoms with Gasteiger partial charge in [-0.2, -0.15) is 10.4 Å². The molecule has 1 N–H and O–H groups in total. The molecule has 1 heterocycles. The number of aromatic nitrogens is 2. The van der Waals surface area contributed by atoms with Gasteiger partial charge < -0.3 is 5.32 Å². The van der Waals surface area contributed by atoms with Crippen LogP contribution in [-0.2, 0) is 12.8 Å². The highest BCUT2D eigenvalue weighted by atomic mass is 79.9. The number of nitrogens with zero attached hydrogens (tertiary/aromatic N) is 3. The average molecular weight is 345 g/mol. The molecule has 0 radical (unpaired) electrons. The van der Waals surface area contributed by atoms with Gasteiger partial charge in [-0.25, -0.2) is 0 Å². The zero-order valence-electron chi connectivity index (χ0n) is 12.4. The lowest BCUT2D eigenvalue weighted by Gasteiger charge is -2.13. The van der Waals surface area contributed by atoms with E-state index in [1.807, 2.05) is 39.0 Å². The molecule has 108 valence electrons. The van der Waals surface area contributed by atoms with Crippen molar-refractivity contribution in [3.63, 3.8) is 0 Å². The predicted octanol–water partition coefficient (Wildman–Crippen LogP) is 4.29. The van der Waals surface area contributed by atoms with Crippen LogP contribution in [0.1, 0.15) is 36.2 Å². The van der Waals surface area contributed by atoms with Gasteiger partial charge in [0.2, 0.25) is 0 Å². The van der Waals surface area contributed by atoms with E-state index in [0.29, 0.717) is 11.4 Å². The molecule has 2 aromatic rings. The Morgan fingerprint density at radius 2 is 2.00 bits per heavy atom. The number of halogens is 1. The van der Waals surface area contributed by atoms with Crippen LogP contribution in [0.25, 0.3) is 0 Å². The van der Waals surface area contributed by atoms with Crippen molar-refractivity contribution in [1.82, 2.24) is 10.2 Å². The first-order valence-corrected chi connectivity index (χ1v) is 7.72. The van der Waals surface area contributed by atoms with Crippen LogP contribution in [0.4, 0.5) is 11.5 Å². The summed E-state index contributed by atoms with van der Waals surface area (Å²) in [5, 5.41) is 21.1. The van der Waals surface area contributed by atoms with E-state index in [1.54, 1.807) is 0 Å². The molecule has 0 bridgehead atoms. The second-order valence-corrected chi connectivity index (χ2v) is 5.52. The average Bonchev–Trinajstić information content (AvgIpc) is 2.51. The third-order valence-electron chi connectivity index (χ3n) is 3.40. The summed E-state index contributed by atoms with van der Waals surface area (Å²) >= 11 is 3.55. The van der Waals surface area contributed by atoms with Gasteiger partial charge in [-0.05, 0) is 52.9 Å². The van der Waals surface area contributed by atoms with Gasteiger partial charge in [-0.15, -0.1) is 5.10 Å². The zero-order chi connectivity index (χ0) is 15.4. The van der Waals surface area contributed by atoms with Gasteiger partial charge in [-0.1, -0.05) is 26.0 Å². The molecule has 0 aliphatic heterocycles. The number of benzene rings is 1. The summed E-state index contributed by atoms with van der Waals surface area (Å²) in [7, 11) is 0. The molecule has 1 aromatic heterocycles. The van der Waals surface area contributed by atoms with Gasteiger partial charge in [0.15, 0.2) is 5.82 Å². The standard InChI is InChI=1S/C16H17BrN4/c1-4-11-12(9-18)16(21-20-13(11)5-2)19-14-8-6-7-10(3)15(14)17/h6-8H,4-5H2,1-3H3,(H,19,21). The Kier molecular flexibility index (Phi) is 4.92. The van der Waals surface area contributed by atoms with Crippen LogP contribution in [0.3, 0.4) is 0 Å².